The van der Waals surface area contributed by atoms with Crippen LogP contribution < -0.4 is 5.73 Å². The first-order chi connectivity index (χ1) is 15.8. The summed E-state index contributed by atoms with van der Waals surface area (Å²) in [5.74, 6) is 0.00315. The Hall–Kier alpha value is -2.73. The summed E-state index contributed by atoms with van der Waals surface area (Å²) < 4.78 is 6.48. The first kappa shape index (κ1) is 23.4. The number of carbonyl (C=O) groups excluding carboxylic acids is 1. The molecule has 0 saturated carbocycles. The van der Waals surface area contributed by atoms with E-state index in [1.54, 1.807) is 5.06 Å². The lowest BCUT2D eigenvalue weighted by Crippen LogP contribution is -2.46. The lowest BCUT2D eigenvalue weighted by Gasteiger charge is -2.38. The Morgan fingerprint density at radius 2 is 1.70 bits per heavy atom. The van der Waals surface area contributed by atoms with E-state index < -0.39 is 5.41 Å². The number of benzene rings is 3. The fourth-order valence-corrected chi connectivity index (χ4v) is 4.21. The van der Waals surface area contributed by atoms with E-state index in [-0.39, 0.29) is 18.0 Å². The van der Waals surface area contributed by atoms with Gasteiger partial charge in [-0.1, -0.05) is 60.7 Å². The number of nitrogens with two attached hydrogens (primary N) is 1. The number of hydrogen-bond donors (Lipinski definition) is 1. The van der Waals surface area contributed by atoms with Crippen molar-refractivity contribution in [2.24, 2.45) is 11.1 Å². The topological polar surface area (TPSA) is 64.8 Å². The molecule has 1 heterocycles. The molecule has 0 aromatic heterocycles. The highest BCUT2D eigenvalue weighted by Crippen LogP contribution is 2.32. The average Bonchev–Trinajstić information content (AvgIpc) is 2.82. The summed E-state index contributed by atoms with van der Waals surface area (Å²) in [5.41, 5.74) is 8.71. The minimum absolute atomic E-state index is 0.0956. The van der Waals surface area contributed by atoms with E-state index in [9.17, 15) is 4.79 Å². The van der Waals surface area contributed by atoms with Gasteiger partial charge < -0.3 is 15.3 Å². The summed E-state index contributed by atoms with van der Waals surface area (Å²) in [7, 11) is 0. The first-order valence-electron chi connectivity index (χ1n) is 11.7. The molecule has 174 valence electrons. The molecule has 33 heavy (non-hydrogen) atoms. The van der Waals surface area contributed by atoms with E-state index >= 15 is 0 Å². The van der Waals surface area contributed by atoms with Crippen molar-refractivity contribution in [1.82, 2.24) is 5.06 Å². The van der Waals surface area contributed by atoms with Crippen LogP contribution in [0, 0.1) is 5.41 Å². The summed E-state index contributed by atoms with van der Waals surface area (Å²) in [6.45, 7) is 7.87. The molecule has 0 radical (unpaired) electrons. The zero-order valence-corrected chi connectivity index (χ0v) is 19.8. The molecule has 0 spiro atoms. The molecule has 2 atom stereocenters. The average molecular weight is 447 g/mol. The highest BCUT2D eigenvalue weighted by atomic mass is 16.7. The van der Waals surface area contributed by atoms with Crippen LogP contribution in [0.2, 0.25) is 0 Å². The zero-order chi connectivity index (χ0) is 23.4. The minimum Gasteiger partial charge on any atom is -0.371 e. The number of ether oxygens (including phenoxy) is 1. The summed E-state index contributed by atoms with van der Waals surface area (Å²) >= 11 is 0. The van der Waals surface area contributed by atoms with E-state index in [0.717, 1.165) is 17.5 Å². The number of carbonyl (C=O) groups is 1. The Morgan fingerprint density at radius 1 is 1.00 bits per heavy atom. The van der Waals surface area contributed by atoms with Crippen molar-refractivity contribution < 1.29 is 14.4 Å². The van der Waals surface area contributed by atoms with Gasteiger partial charge in [0.05, 0.1) is 24.7 Å². The Balaban J connectivity index is 1.51. The van der Waals surface area contributed by atoms with Gasteiger partial charge in [-0.15, -0.1) is 5.06 Å². The van der Waals surface area contributed by atoms with Crippen LogP contribution in [-0.2, 0) is 27.5 Å². The lowest BCUT2D eigenvalue weighted by molar-refractivity contribution is -0.216. The molecule has 4 rings (SSSR count). The van der Waals surface area contributed by atoms with Crippen LogP contribution in [0.3, 0.4) is 0 Å². The monoisotopic (exact) mass is 446 g/mol. The van der Waals surface area contributed by atoms with E-state index in [0.29, 0.717) is 26.2 Å². The molecule has 1 aliphatic heterocycles. The maximum absolute atomic E-state index is 12.4. The number of rotatable bonds is 6. The van der Waals surface area contributed by atoms with Gasteiger partial charge in [-0.2, -0.15) is 0 Å². The smallest absolute Gasteiger partial charge is 0.330 e. The maximum Gasteiger partial charge on any atom is 0.330 e. The fraction of sp³-hybridized carbons (Fsp3) is 0.393. The summed E-state index contributed by atoms with van der Waals surface area (Å²) in [6, 6.07) is 23.2. The van der Waals surface area contributed by atoms with E-state index in [2.05, 4.69) is 66.7 Å². The Labute approximate surface area is 196 Å². The van der Waals surface area contributed by atoms with Gasteiger partial charge in [0.2, 0.25) is 0 Å². The molecule has 1 saturated heterocycles. The third-order valence-electron chi connectivity index (χ3n) is 6.27. The molecule has 3 aromatic carbocycles. The highest BCUT2D eigenvalue weighted by molar-refractivity contribution is 5.82. The normalized spacial score (nSPS) is 19.5. The number of hydroxylamine groups is 2. The largest absolute Gasteiger partial charge is 0.371 e. The van der Waals surface area contributed by atoms with Crippen LogP contribution in [0.5, 0.6) is 0 Å². The molecule has 3 aromatic rings. The fourth-order valence-electron chi connectivity index (χ4n) is 4.21. The van der Waals surface area contributed by atoms with Crippen molar-refractivity contribution in [3.63, 3.8) is 0 Å². The summed E-state index contributed by atoms with van der Waals surface area (Å²) in [4.78, 5) is 18.2. The highest BCUT2D eigenvalue weighted by Gasteiger charge is 2.35. The second-order valence-electron chi connectivity index (χ2n) is 9.89. The van der Waals surface area contributed by atoms with E-state index in [1.165, 1.54) is 16.3 Å². The Kier molecular flexibility index (Phi) is 7.13. The molecule has 1 fully saturated rings. The van der Waals surface area contributed by atoms with Gasteiger partial charge in [0.25, 0.3) is 0 Å². The molecule has 2 unspecified atom stereocenters. The summed E-state index contributed by atoms with van der Waals surface area (Å²) in [5, 5.41) is 4.19. The van der Waals surface area contributed by atoms with Crippen molar-refractivity contribution in [2.75, 3.05) is 13.1 Å². The third-order valence-corrected chi connectivity index (χ3v) is 6.27. The first-order valence-corrected chi connectivity index (χ1v) is 11.7. The molecule has 0 amide bonds. The van der Waals surface area contributed by atoms with Crippen LogP contribution >= 0.6 is 0 Å². The van der Waals surface area contributed by atoms with Gasteiger partial charge in [-0.3, -0.25) is 0 Å². The van der Waals surface area contributed by atoms with Crippen LogP contribution in [0.4, 0.5) is 0 Å². The van der Waals surface area contributed by atoms with Gasteiger partial charge in [0.15, 0.2) is 0 Å². The van der Waals surface area contributed by atoms with Gasteiger partial charge in [0.1, 0.15) is 0 Å². The van der Waals surface area contributed by atoms with Gasteiger partial charge in [-0.25, -0.2) is 4.79 Å². The third kappa shape index (κ3) is 5.80. The van der Waals surface area contributed by atoms with Crippen LogP contribution in [0.15, 0.2) is 66.7 Å². The number of nitrogens with zero attached hydrogens (tertiary/aromatic N) is 1. The predicted octanol–water partition coefficient (Wildman–Crippen LogP) is 5.18. The second-order valence-corrected chi connectivity index (χ2v) is 9.89. The summed E-state index contributed by atoms with van der Waals surface area (Å²) in [6.07, 6.45) is 0.753. The maximum atomic E-state index is 12.4. The van der Waals surface area contributed by atoms with Crippen molar-refractivity contribution in [1.29, 1.82) is 0 Å². The van der Waals surface area contributed by atoms with Crippen molar-refractivity contribution in [3.8, 4) is 0 Å². The van der Waals surface area contributed by atoms with Crippen molar-refractivity contribution in [2.45, 2.75) is 52.4 Å². The Morgan fingerprint density at radius 3 is 2.39 bits per heavy atom. The molecular formula is C28H34N2O3. The van der Waals surface area contributed by atoms with Gasteiger partial charge >= 0.3 is 5.97 Å². The standard InChI is InChI=1S/C28H34N2O3/c1-28(2,3)27(31)33-30-15-14-25(23-12-8-20(17-29)9-13-23)26(18-30)32-19-21-10-11-22-6-4-5-7-24(22)16-21/h4-13,16,25-26H,14-15,17-19,29H2,1-3H3. The quantitative estimate of drug-likeness (QED) is 0.565. The van der Waals surface area contributed by atoms with E-state index in [4.69, 9.17) is 15.3 Å². The SMILES string of the molecule is CC(C)(C)C(=O)ON1CCC(c2ccc(CN)cc2)C(OCc2ccc3ccccc3c2)C1. The molecule has 0 aliphatic carbocycles. The van der Waals surface area contributed by atoms with Gasteiger partial charge in [-0.05, 0) is 60.7 Å². The Bertz CT molecular complexity index is 1090. The molecule has 5 nitrogen and oxygen atoms in total. The van der Waals surface area contributed by atoms with Gasteiger partial charge in [0, 0.05) is 19.0 Å². The van der Waals surface area contributed by atoms with Crippen molar-refractivity contribution >= 4 is 16.7 Å². The molecule has 1 aliphatic rings. The molecule has 2 N–H and O–H groups in total. The molecule has 0 bridgehead atoms. The van der Waals surface area contributed by atoms with E-state index in [1.807, 2.05) is 20.8 Å². The predicted molar refractivity (Wildman–Crippen MR) is 131 cm³/mol. The minimum atomic E-state index is -0.545. The molecular weight excluding hydrogens is 412 g/mol. The number of piperidine rings is 1. The lowest BCUT2D eigenvalue weighted by atomic mass is 9.87. The number of fused-ring (bicyclic) bond motifs is 1. The molecule has 5 heteroatoms. The van der Waals surface area contributed by atoms with Crippen LogP contribution in [0.25, 0.3) is 10.8 Å². The zero-order valence-electron chi connectivity index (χ0n) is 19.8. The van der Waals surface area contributed by atoms with Crippen molar-refractivity contribution in [3.05, 3.63) is 83.4 Å². The second kappa shape index (κ2) is 10.0. The van der Waals surface area contributed by atoms with Crippen LogP contribution in [-0.4, -0.2) is 30.2 Å². The van der Waals surface area contributed by atoms with Crippen LogP contribution in [0.1, 0.15) is 49.8 Å². The number of hydrogen-bond acceptors (Lipinski definition) is 5.